The van der Waals surface area contributed by atoms with Gasteiger partial charge in [0.05, 0.1) is 6.04 Å². The molecule has 2 rings (SSSR count). The first kappa shape index (κ1) is 8.23. The monoisotopic (exact) mass is 182 g/mol. The first-order chi connectivity index (χ1) is 5.86. The van der Waals surface area contributed by atoms with Crippen molar-refractivity contribution in [3.63, 3.8) is 0 Å². The number of piperazine rings is 1. The average Bonchev–Trinajstić information content (AvgIpc) is 2.54. The van der Waals surface area contributed by atoms with Crippen LogP contribution in [0, 0.1) is 6.92 Å². The van der Waals surface area contributed by atoms with Crippen LogP contribution >= 0.6 is 11.3 Å². The third-order valence-electron chi connectivity index (χ3n) is 2.15. The lowest BCUT2D eigenvalue weighted by molar-refractivity contribution is 0.435. The molecule has 1 aliphatic heterocycles. The standard InChI is InChI=1S/C9H14N2S/c1-7-2-3-9(12-7)8-6-10-4-5-11-8/h2-3,8,10-11H,4-6H2,1H3/t8-/m1/s1. The molecule has 2 heterocycles. The van der Waals surface area contributed by atoms with E-state index in [1.54, 1.807) is 0 Å². The van der Waals surface area contributed by atoms with Gasteiger partial charge in [-0.15, -0.1) is 11.3 Å². The Bertz CT molecular complexity index is 251. The minimum Gasteiger partial charge on any atom is -0.314 e. The fourth-order valence-corrected chi connectivity index (χ4v) is 2.45. The molecule has 0 aliphatic carbocycles. The van der Waals surface area contributed by atoms with Crippen molar-refractivity contribution in [3.05, 3.63) is 21.9 Å². The van der Waals surface area contributed by atoms with Crippen LogP contribution in [-0.2, 0) is 0 Å². The van der Waals surface area contributed by atoms with Gasteiger partial charge in [-0.05, 0) is 19.1 Å². The van der Waals surface area contributed by atoms with Gasteiger partial charge in [0.25, 0.3) is 0 Å². The van der Waals surface area contributed by atoms with Gasteiger partial charge in [-0.1, -0.05) is 0 Å². The summed E-state index contributed by atoms with van der Waals surface area (Å²) < 4.78 is 0. The van der Waals surface area contributed by atoms with Gasteiger partial charge in [0.1, 0.15) is 0 Å². The lowest BCUT2D eigenvalue weighted by Crippen LogP contribution is -2.42. The Balaban J connectivity index is 2.08. The third kappa shape index (κ3) is 1.68. The Labute approximate surface area is 77.0 Å². The molecule has 0 unspecified atom stereocenters. The van der Waals surface area contributed by atoms with Gasteiger partial charge in [0.15, 0.2) is 0 Å². The van der Waals surface area contributed by atoms with Crippen molar-refractivity contribution in [2.75, 3.05) is 19.6 Å². The Morgan fingerprint density at radius 3 is 2.92 bits per heavy atom. The van der Waals surface area contributed by atoms with E-state index in [9.17, 15) is 0 Å². The smallest absolute Gasteiger partial charge is 0.0542 e. The average molecular weight is 182 g/mol. The predicted molar refractivity (Wildman–Crippen MR) is 52.7 cm³/mol. The van der Waals surface area contributed by atoms with Crippen LogP contribution in [0.4, 0.5) is 0 Å². The highest BCUT2D eigenvalue weighted by Crippen LogP contribution is 2.22. The summed E-state index contributed by atoms with van der Waals surface area (Å²) in [6, 6.07) is 4.96. The molecule has 1 aromatic heterocycles. The van der Waals surface area contributed by atoms with Gasteiger partial charge in [0, 0.05) is 29.4 Å². The minimum absolute atomic E-state index is 0.539. The number of thiophene rings is 1. The highest BCUT2D eigenvalue weighted by molar-refractivity contribution is 7.12. The Hall–Kier alpha value is -0.380. The second-order valence-corrected chi connectivity index (χ2v) is 4.48. The molecule has 1 atom stereocenters. The molecule has 0 radical (unpaired) electrons. The molecule has 0 bridgehead atoms. The van der Waals surface area contributed by atoms with E-state index in [-0.39, 0.29) is 0 Å². The van der Waals surface area contributed by atoms with E-state index in [0.717, 1.165) is 19.6 Å². The van der Waals surface area contributed by atoms with Crippen molar-refractivity contribution in [1.82, 2.24) is 10.6 Å². The maximum absolute atomic E-state index is 3.50. The second kappa shape index (κ2) is 3.56. The van der Waals surface area contributed by atoms with Crippen LogP contribution in [0.15, 0.2) is 12.1 Å². The van der Waals surface area contributed by atoms with Gasteiger partial charge in [-0.3, -0.25) is 0 Å². The molecule has 2 nitrogen and oxygen atoms in total. The molecule has 2 N–H and O–H groups in total. The van der Waals surface area contributed by atoms with Gasteiger partial charge in [0.2, 0.25) is 0 Å². The van der Waals surface area contributed by atoms with Crippen molar-refractivity contribution in [2.24, 2.45) is 0 Å². The lowest BCUT2D eigenvalue weighted by Gasteiger charge is -2.23. The van der Waals surface area contributed by atoms with Crippen molar-refractivity contribution >= 4 is 11.3 Å². The molecule has 3 heteroatoms. The number of hydrogen-bond donors (Lipinski definition) is 2. The molecule has 66 valence electrons. The van der Waals surface area contributed by atoms with E-state index in [4.69, 9.17) is 0 Å². The summed E-state index contributed by atoms with van der Waals surface area (Å²) in [5.74, 6) is 0. The maximum atomic E-state index is 3.50. The first-order valence-electron chi connectivity index (χ1n) is 4.37. The Kier molecular flexibility index (Phi) is 2.44. The SMILES string of the molecule is Cc1ccc([C@H]2CNCCN2)s1. The minimum atomic E-state index is 0.539. The van der Waals surface area contributed by atoms with Crippen LogP contribution in [0.3, 0.4) is 0 Å². The molecule has 1 aromatic rings. The van der Waals surface area contributed by atoms with Crippen molar-refractivity contribution in [3.8, 4) is 0 Å². The van der Waals surface area contributed by atoms with Gasteiger partial charge < -0.3 is 10.6 Å². The van der Waals surface area contributed by atoms with Crippen LogP contribution in [-0.4, -0.2) is 19.6 Å². The molecule has 0 spiro atoms. The van der Waals surface area contributed by atoms with Crippen molar-refractivity contribution < 1.29 is 0 Å². The zero-order valence-corrected chi connectivity index (χ0v) is 8.08. The van der Waals surface area contributed by atoms with E-state index >= 15 is 0 Å². The maximum Gasteiger partial charge on any atom is 0.0542 e. The molecule has 1 fully saturated rings. The summed E-state index contributed by atoms with van der Waals surface area (Å²) in [7, 11) is 0. The summed E-state index contributed by atoms with van der Waals surface area (Å²) in [6.07, 6.45) is 0. The number of nitrogens with one attached hydrogen (secondary N) is 2. The van der Waals surface area contributed by atoms with E-state index < -0.39 is 0 Å². The summed E-state index contributed by atoms with van der Waals surface area (Å²) >= 11 is 1.89. The summed E-state index contributed by atoms with van der Waals surface area (Å²) in [6.45, 7) is 5.41. The number of hydrogen-bond acceptors (Lipinski definition) is 3. The molecule has 1 aliphatic rings. The fraction of sp³-hybridized carbons (Fsp3) is 0.556. The predicted octanol–water partition coefficient (Wildman–Crippen LogP) is 1.29. The summed E-state index contributed by atoms with van der Waals surface area (Å²) in [5.41, 5.74) is 0. The highest BCUT2D eigenvalue weighted by Gasteiger charge is 2.14. The van der Waals surface area contributed by atoms with Crippen LogP contribution in [0.2, 0.25) is 0 Å². The molecule has 0 amide bonds. The molecule has 1 saturated heterocycles. The number of aryl methyl sites for hydroxylation is 1. The largest absolute Gasteiger partial charge is 0.314 e. The quantitative estimate of drug-likeness (QED) is 0.684. The molecule has 0 aromatic carbocycles. The van der Waals surface area contributed by atoms with Crippen LogP contribution in [0.1, 0.15) is 15.8 Å². The highest BCUT2D eigenvalue weighted by atomic mass is 32.1. The van der Waals surface area contributed by atoms with E-state index in [1.807, 2.05) is 11.3 Å². The summed E-state index contributed by atoms with van der Waals surface area (Å²) in [5, 5.41) is 6.88. The summed E-state index contributed by atoms with van der Waals surface area (Å²) in [4.78, 5) is 2.86. The molecule has 12 heavy (non-hydrogen) atoms. The lowest BCUT2D eigenvalue weighted by atomic mass is 10.2. The second-order valence-electron chi connectivity index (χ2n) is 3.16. The molecular weight excluding hydrogens is 168 g/mol. The van der Waals surface area contributed by atoms with E-state index in [2.05, 4.69) is 29.7 Å². The van der Waals surface area contributed by atoms with Gasteiger partial charge >= 0.3 is 0 Å². The topological polar surface area (TPSA) is 24.1 Å². The first-order valence-corrected chi connectivity index (χ1v) is 5.18. The number of rotatable bonds is 1. The van der Waals surface area contributed by atoms with Gasteiger partial charge in [-0.2, -0.15) is 0 Å². The fourth-order valence-electron chi connectivity index (χ4n) is 1.50. The van der Waals surface area contributed by atoms with Gasteiger partial charge in [-0.25, -0.2) is 0 Å². The van der Waals surface area contributed by atoms with Crippen molar-refractivity contribution in [1.29, 1.82) is 0 Å². The zero-order valence-electron chi connectivity index (χ0n) is 7.26. The Morgan fingerprint density at radius 1 is 1.42 bits per heavy atom. The van der Waals surface area contributed by atoms with Crippen molar-refractivity contribution in [2.45, 2.75) is 13.0 Å². The molecule has 0 saturated carbocycles. The van der Waals surface area contributed by atoms with E-state index in [1.165, 1.54) is 9.75 Å². The van der Waals surface area contributed by atoms with E-state index in [0.29, 0.717) is 6.04 Å². The van der Waals surface area contributed by atoms with Crippen LogP contribution < -0.4 is 10.6 Å². The zero-order chi connectivity index (χ0) is 8.39. The van der Waals surface area contributed by atoms with Crippen LogP contribution in [0.5, 0.6) is 0 Å². The third-order valence-corrected chi connectivity index (χ3v) is 3.26. The molecular formula is C9H14N2S. The normalized spacial score (nSPS) is 24.2. The Morgan fingerprint density at radius 2 is 2.33 bits per heavy atom. The van der Waals surface area contributed by atoms with Crippen LogP contribution in [0.25, 0.3) is 0 Å².